The third-order valence-electron chi connectivity index (χ3n) is 3.95. The third kappa shape index (κ3) is 3.09. The van der Waals surface area contributed by atoms with Crippen molar-refractivity contribution in [2.75, 3.05) is 13.1 Å². The van der Waals surface area contributed by atoms with Gasteiger partial charge >= 0.3 is 5.97 Å². The summed E-state index contributed by atoms with van der Waals surface area (Å²) in [6, 6.07) is 7.19. The maximum atomic E-state index is 11.6. The Bertz CT molecular complexity index is 788. The van der Waals surface area contributed by atoms with Crippen molar-refractivity contribution in [2.45, 2.75) is 19.9 Å². The first kappa shape index (κ1) is 16.7. The molecule has 0 spiro atoms. The molecule has 126 valence electrons. The van der Waals surface area contributed by atoms with E-state index in [-0.39, 0.29) is 5.69 Å². The summed E-state index contributed by atoms with van der Waals surface area (Å²) in [5, 5.41) is 18.2. The van der Waals surface area contributed by atoms with E-state index in [0.717, 1.165) is 24.5 Å². The van der Waals surface area contributed by atoms with Crippen molar-refractivity contribution >= 4 is 34.9 Å². The van der Waals surface area contributed by atoms with Gasteiger partial charge in [0.25, 0.3) is 0 Å². The van der Waals surface area contributed by atoms with Crippen LogP contribution in [0.25, 0.3) is 5.69 Å². The van der Waals surface area contributed by atoms with E-state index in [4.69, 9.17) is 23.8 Å². The van der Waals surface area contributed by atoms with Gasteiger partial charge in [0, 0.05) is 36.6 Å². The van der Waals surface area contributed by atoms with Gasteiger partial charge in [-0.05, 0) is 43.4 Å². The monoisotopic (exact) mass is 364 g/mol. The molecule has 2 aromatic rings. The van der Waals surface area contributed by atoms with Gasteiger partial charge in [-0.1, -0.05) is 11.6 Å². The first-order chi connectivity index (χ1) is 11.5. The molecule has 0 amide bonds. The Balaban J connectivity index is 2.01. The van der Waals surface area contributed by atoms with E-state index in [2.05, 4.69) is 10.4 Å². The third-order valence-corrected chi connectivity index (χ3v) is 4.60. The molecule has 0 fully saturated rings. The first-order valence-corrected chi connectivity index (χ1v) is 8.42. The topological polar surface area (TPSA) is 70.4 Å². The molecule has 1 aliphatic heterocycles. The van der Waals surface area contributed by atoms with Crippen LogP contribution in [0.5, 0.6) is 0 Å². The highest BCUT2D eigenvalue weighted by molar-refractivity contribution is 7.80. The van der Waals surface area contributed by atoms with Crippen molar-refractivity contribution in [1.29, 1.82) is 0 Å². The number of halogens is 1. The number of nitrogens with zero attached hydrogens (tertiary/aromatic N) is 3. The van der Waals surface area contributed by atoms with Crippen molar-refractivity contribution in [3.05, 3.63) is 46.2 Å². The second-order valence-corrected chi connectivity index (χ2v) is 6.30. The van der Waals surface area contributed by atoms with Crippen molar-refractivity contribution in [3.8, 4) is 5.69 Å². The highest BCUT2D eigenvalue weighted by Crippen LogP contribution is 2.26. The average molecular weight is 365 g/mol. The van der Waals surface area contributed by atoms with Gasteiger partial charge in [-0.2, -0.15) is 5.10 Å². The fourth-order valence-corrected chi connectivity index (χ4v) is 3.25. The summed E-state index contributed by atoms with van der Waals surface area (Å²) in [5.41, 5.74) is 2.49. The van der Waals surface area contributed by atoms with Crippen LogP contribution in [0.15, 0.2) is 24.3 Å². The minimum absolute atomic E-state index is 0.0731. The molecule has 2 N–H and O–H groups in total. The molecule has 6 nitrogen and oxygen atoms in total. The Morgan fingerprint density at radius 1 is 1.42 bits per heavy atom. The summed E-state index contributed by atoms with van der Waals surface area (Å²) >= 11 is 11.3. The molecule has 1 aromatic heterocycles. The van der Waals surface area contributed by atoms with Gasteiger partial charge in [0.15, 0.2) is 10.8 Å². The van der Waals surface area contributed by atoms with Gasteiger partial charge in [-0.3, -0.25) is 0 Å². The van der Waals surface area contributed by atoms with E-state index < -0.39 is 5.97 Å². The van der Waals surface area contributed by atoms with Crippen LogP contribution in [0.1, 0.15) is 28.7 Å². The van der Waals surface area contributed by atoms with Gasteiger partial charge in [0.2, 0.25) is 0 Å². The molecule has 8 heteroatoms. The van der Waals surface area contributed by atoms with Crippen LogP contribution >= 0.6 is 23.8 Å². The zero-order chi connectivity index (χ0) is 17.3. The Hall–Kier alpha value is -2.12. The molecule has 2 heterocycles. The number of thiocarbonyl (C=S) groups is 1. The van der Waals surface area contributed by atoms with Crippen LogP contribution in [0.2, 0.25) is 5.02 Å². The average Bonchev–Trinajstić information content (AvgIpc) is 2.95. The second-order valence-electron chi connectivity index (χ2n) is 5.47. The van der Waals surface area contributed by atoms with Crippen LogP contribution < -0.4 is 5.32 Å². The normalized spacial score (nSPS) is 13.5. The smallest absolute Gasteiger partial charge is 0.356 e. The fraction of sp³-hybridized carbons (Fsp3) is 0.312. The van der Waals surface area contributed by atoms with Gasteiger partial charge < -0.3 is 15.3 Å². The number of fused-ring (bicyclic) bond motifs is 1. The number of benzene rings is 1. The quantitative estimate of drug-likeness (QED) is 0.815. The number of aromatic nitrogens is 2. The summed E-state index contributed by atoms with van der Waals surface area (Å²) in [6.45, 7) is 3.87. The predicted octanol–water partition coefficient (Wildman–Crippen LogP) is 2.48. The van der Waals surface area contributed by atoms with Crippen LogP contribution in [0.4, 0.5) is 0 Å². The van der Waals surface area contributed by atoms with Crippen molar-refractivity contribution in [3.63, 3.8) is 0 Å². The molecule has 0 atom stereocenters. The first-order valence-electron chi connectivity index (χ1n) is 7.64. The number of nitrogens with one attached hydrogen (secondary N) is 1. The number of hydrogen-bond acceptors (Lipinski definition) is 3. The zero-order valence-corrected chi connectivity index (χ0v) is 14.7. The molecule has 1 aliphatic rings. The van der Waals surface area contributed by atoms with Crippen molar-refractivity contribution in [1.82, 2.24) is 20.0 Å². The molecule has 0 radical (unpaired) electrons. The largest absolute Gasteiger partial charge is 0.476 e. The lowest BCUT2D eigenvalue weighted by Gasteiger charge is -2.30. The molecule has 0 aliphatic carbocycles. The minimum atomic E-state index is -1.03. The van der Waals surface area contributed by atoms with E-state index in [1.54, 1.807) is 16.8 Å². The van der Waals surface area contributed by atoms with E-state index >= 15 is 0 Å². The molecule has 0 saturated heterocycles. The number of hydrogen-bond donors (Lipinski definition) is 2. The number of aromatic carboxylic acids is 1. The van der Waals surface area contributed by atoms with Crippen LogP contribution in [0.3, 0.4) is 0 Å². The second kappa shape index (κ2) is 6.78. The van der Waals surface area contributed by atoms with E-state index in [9.17, 15) is 9.90 Å². The molecular weight excluding hydrogens is 348 g/mol. The van der Waals surface area contributed by atoms with Gasteiger partial charge in [0.05, 0.1) is 11.4 Å². The molecule has 1 aromatic carbocycles. The molecule has 0 unspecified atom stereocenters. The van der Waals surface area contributed by atoms with E-state index in [1.165, 1.54) is 0 Å². The maximum absolute atomic E-state index is 11.6. The number of rotatable bonds is 3. The molecule has 0 bridgehead atoms. The molecule has 0 saturated carbocycles. The standard InChI is InChI=1S/C16H17ClN4O2S/c1-2-18-16(24)20-8-7-13-12(9-20)14(15(22)23)19-21(13)11-5-3-10(17)4-6-11/h3-6H,2,7-9H2,1H3,(H,18,24)(H,22,23). The fourth-order valence-electron chi connectivity index (χ4n) is 2.82. The Morgan fingerprint density at radius 2 is 2.12 bits per heavy atom. The Kier molecular flexibility index (Phi) is 4.73. The predicted molar refractivity (Wildman–Crippen MR) is 95.9 cm³/mol. The van der Waals surface area contributed by atoms with Gasteiger partial charge in [0.1, 0.15) is 0 Å². The van der Waals surface area contributed by atoms with Crippen LogP contribution in [-0.4, -0.2) is 44.0 Å². The SMILES string of the molecule is CCNC(=S)N1CCc2c(c(C(=O)O)nn2-c2ccc(Cl)cc2)C1. The highest BCUT2D eigenvalue weighted by atomic mass is 35.5. The van der Waals surface area contributed by atoms with Crippen molar-refractivity contribution < 1.29 is 9.90 Å². The molecular formula is C16H17ClN4O2S. The van der Waals surface area contributed by atoms with Crippen LogP contribution in [0, 0.1) is 0 Å². The summed E-state index contributed by atoms with van der Waals surface area (Å²) in [6.07, 6.45) is 0.670. The Labute approximate surface area is 150 Å². The zero-order valence-electron chi connectivity index (χ0n) is 13.1. The minimum Gasteiger partial charge on any atom is -0.476 e. The Morgan fingerprint density at radius 3 is 2.75 bits per heavy atom. The van der Waals surface area contributed by atoms with Gasteiger partial charge in [-0.15, -0.1) is 0 Å². The summed E-state index contributed by atoms with van der Waals surface area (Å²) < 4.78 is 1.70. The summed E-state index contributed by atoms with van der Waals surface area (Å²) in [5.74, 6) is -1.03. The lowest BCUT2D eigenvalue weighted by molar-refractivity contribution is 0.0688. The number of carboxylic acid groups (broad SMARTS) is 1. The molecule has 24 heavy (non-hydrogen) atoms. The lowest BCUT2D eigenvalue weighted by atomic mass is 10.1. The highest BCUT2D eigenvalue weighted by Gasteiger charge is 2.29. The summed E-state index contributed by atoms with van der Waals surface area (Å²) in [4.78, 5) is 13.6. The summed E-state index contributed by atoms with van der Waals surface area (Å²) in [7, 11) is 0. The lowest BCUT2D eigenvalue weighted by Crippen LogP contribution is -2.42. The molecule has 3 rings (SSSR count). The van der Waals surface area contributed by atoms with E-state index in [1.807, 2.05) is 24.0 Å². The van der Waals surface area contributed by atoms with E-state index in [0.29, 0.717) is 28.7 Å². The number of carbonyl (C=O) groups is 1. The van der Waals surface area contributed by atoms with Gasteiger partial charge in [-0.25, -0.2) is 9.48 Å². The number of carboxylic acids is 1. The maximum Gasteiger partial charge on any atom is 0.356 e. The van der Waals surface area contributed by atoms with Crippen molar-refractivity contribution in [2.24, 2.45) is 0 Å². The van der Waals surface area contributed by atoms with Crippen LogP contribution in [-0.2, 0) is 13.0 Å².